The lowest BCUT2D eigenvalue weighted by atomic mass is 9.90. The standard InChI is InChI=1S/C12H10Cl2N2O2/c13-8-2-1-3-9(14)10(8)11(17)16-6-12(18,7-16)4-5-15/h1-3,18H,4,6-7H2. The van der Waals surface area contributed by atoms with E-state index in [1.54, 1.807) is 18.2 Å². The number of carbonyl (C=O) groups is 1. The highest BCUT2D eigenvalue weighted by molar-refractivity contribution is 6.39. The van der Waals surface area contributed by atoms with Crippen LogP contribution < -0.4 is 0 Å². The lowest BCUT2D eigenvalue weighted by Crippen LogP contribution is -2.63. The van der Waals surface area contributed by atoms with E-state index in [0.29, 0.717) is 0 Å². The maximum atomic E-state index is 12.1. The van der Waals surface area contributed by atoms with Crippen LogP contribution in [0.5, 0.6) is 0 Å². The molecule has 0 saturated carbocycles. The number of halogens is 2. The van der Waals surface area contributed by atoms with Crippen molar-refractivity contribution in [1.29, 1.82) is 5.26 Å². The van der Waals surface area contributed by atoms with E-state index < -0.39 is 5.60 Å². The Morgan fingerprint density at radius 3 is 2.50 bits per heavy atom. The first-order valence-corrected chi connectivity index (χ1v) is 6.05. The summed E-state index contributed by atoms with van der Waals surface area (Å²) in [5.74, 6) is -0.326. The van der Waals surface area contributed by atoms with Gasteiger partial charge in [-0.1, -0.05) is 29.3 Å². The van der Waals surface area contributed by atoms with Crippen LogP contribution >= 0.6 is 23.2 Å². The molecule has 0 unspecified atom stereocenters. The third-order valence-corrected chi connectivity index (χ3v) is 3.47. The first-order valence-electron chi connectivity index (χ1n) is 5.29. The summed E-state index contributed by atoms with van der Waals surface area (Å²) in [6.07, 6.45) is 0.00698. The molecule has 0 atom stereocenters. The number of carbonyl (C=O) groups excluding carboxylic acids is 1. The predicted octanol–water partition coefficient (Wildman–Crippen LogP) is 2.09. The van der Waals surface area contributed by atoms with Gasteiger partial charge in [-0.3, -0.25) is 4.79 Å². The van der Waals surface area contributed by atoms with Gasteiger partial charge in [0.1, 0.15) is 5.60 Å². The summed E-state index contributed by atoms with van der Waals surface area (Å²) >= 11 is 11.9. The lowest BCUT2D eigenvalue weighted by Gasteiger charge is -2.45. The maximum absolute atomic E-state index is 12.1. The van der Waals surface area contributed by atoms with E-state index in [-0.39, 0.29) is 41.0 Å². The second-order valence-electron chi connectivity index (χ2n) is 4.32. The van der Waals surface area contributed by atoms with Crippen molar-refractivity contribution < 1.29 is 9.90 Å². The number of nitrogens with zero attached hydrogens (tertiary/aromatic N) is 2. The van der Waals surface area contributed by atoms with Crippen molar-refractivity contribution in [1.82, 2.24) is 4.90 Å². The molecule has 1 amide bonds. The van der Waals surface area contributed by atoms with Crippen molar-refractivity contribution in [3.05, 3.63) is 33.8 Å². The smallest absolute Gasteiger partial charge is 0.257 e. The average molecular weight is 285 g/mol. The summed E-state index contributed by atoms with van der Waals surface area (Å²) in [6.45, 7) is 0.252. The van der Waals surface area contributed by atoms with E-state index in [0.717, 1.165) is 0 Å². The molecule has 0 bridgehead atoms. The van der Waals surface area contributed by atoms with E-state index in [2.05, 4.69) is 0 Å². The van der Waals surface area contributed by atoms with Crippen LogP contribution in [-0.2, 0) is 0 Å². The number of rotatable bonds is 2. The molecule has 0 spiro atoms. The molecule has 1 aliphatic rings. The summed E-state index contributed by atoms with van der Waals surface area (Å²) in [7, 11) is 0. The summed E-state index contributed by atoms with van der Waals surface area (Å²) in [6, 6.07) is 6.72. The molecule has 1 aliphatic heterocycles. The fourth-order valence-electron chi connectivity index (χ4n) is 1.93. The highest BCUT2D eigenvalue weighted by Crippen LogP contribution is 2.30. The molecule has 18 heavy (non-hydrogen) atoms. The number of β-amino-alcohol motifs (C(OH)–C–C–N with tert-alkyl or cyclic N) is 1. The van der Waals surface area contributed by atoms with Gasteiger partial charge >= 0.3 is 0 Å². The molecule has 1 saturated heterocycles. The van der Waals surface area contributed by atoms with Gasteiger partial charge in [-0.15, -0.1) is 0 Å². The van der Waals surface area contributed by atoms with Crippen molar-refractivity contribution in [2.75, 3.05) is 13.1 Å². The Labute approximate surface area is 114 Å². The Kier molecular flexibility index (Phi) is 3.49. The molecule has 0 radical (unpaired) electrons. The van der Waals surface area contributed by atoms with Gasteiger partial charge in [-0.05, 0) is 12.1 Å². The van der Waals surface area contributed by atoms with Crippen molar-refractivity contribution >= 4 is 29.1 Å². The van der Waals surface area contributed by atoms with Gasteiger partial charge in [-0.25, -0.2) is 0 Å². The maximum Gasteiger partial charge on any atom is 0.257 e. The van der Waals surface area contributed by atoms with Crippen molar-refractivity contribution in [3.8, 4) is 6.07 Å². The first kappa shape index (κ1) is 13.2. The molecule has 2 rings (SSSR count). The molecule has 0 aromatic heterocycles. The van der Waals surface area contributed by atoms with Crippen molar-refractivity contribution in [3.63, 3.8) is 0 Å². The Hall–Kier alpha value is -1.28. The fourth-order valence-corrected chi connectivity index (χ4v) is 2.49. The molecule has 1 N–H and O–H groups in total. The van der Waals surface area contributed by atoms with Gasteiger partial charge in [0.15, 0.2) is 0 Å². The van der Waals surface area contributed by atoms with Gasteiger partial charge in [-0.2, -0.15) is 5.26 Å². The molecular weight excluding hydrogens is 275 g/mol. The summed E-state index contributed by atoms with van der Waals surface area (Å²) < 4.78 is 0. The molecular formula is C12H10Cl2N2O2. The summed E-state index contributed by atoms with van der Waals surface area (Å²) in [5.41, 5.74) is -0.863. The second-order valence-corrected chi connectivity index (χ2v) is 5.13. The van der Waals surface area contributed by atoms with Gasteiger partial charge < -0.3 is 10.0 Å². The minimum Gasteiger partial charge on any atom is -0.385 e. The topological polar surface area (TPSA) is 64.3 Å². The molecule has 1 fully saturated rings. The molecule has 1 heterocycles. The Morgan fingerprint density at radius 2 is 2.00 bits per heavy atom. The van der Waals surface area contributed by atoms with Gasteiger partial charge in [0, 0.05) is 0 Å². The molecule has 1 aromatic rings. The van der Waals surface area contributed by atoms with Crippen molar-refractivity contribution in [2.24, 2.45) is 0 Å². The number of aliphatic hydroxyl groups is 1. The van der Waals surface area contributed by atoms with Gasteiger partial charge in [0.05, 0.1) is 41.2 Å². The van der Waals surface area contributed by atoms with Crippen molar-refractivity contribution in [2.45, 2.75) is 12.0 Å². The highest BCUT2D eigenvalue weighted by Gasteiger charge is 2.44. The molecule has 0 aliphatic carbocycles. The monoisotopic (exact) mass is 284 g/mol. The summed E-state index contributed by atoms with van der Waals surface area (Å²) in [4.78, 5) is 13.5. The Bertz CT molecular complexity index is 513. The van der Waals surface area contributed by atoms with Crippen LogP contribution in [0.15, 0.2) is 18.2 Å². The highest BCUT2D eigenvalue weighted by atomic mass is 35.5. The van der Waals surface area contributed by atoms with E-state index in [1.165, 1.54) is 4.90 Å². The zero-order valence-electron chi connectivity index (χ0n) is 9.36. The largest absolute Gasteiger partial charge is 0.385 e. The van der Waals surface area contributed by atoms with E-state index in [1.807, 2.05) is 6.07 Å². The van der Waals surface area contributed by atoms with E-state index in [4.69, 9.17) is 28.5 Å². The Morgan fingerprint density at radius 1 is 1.44 bits per heavy atom. The zero-order chi connectivity index (χ0) is 13.3. The fraction of sp³-hybridized carbons (Fsp3) is 0.333. The number of hydrogen-bond donors (Lipinski definition) is 1. The molecule has 94 valence electrons. The van der Waals surface area contributed by atoms with E-state index in [9.17, 15) is 9.90 Å². The normalized spacial score (nSPS) is 16.9. The zero-order valence-corrected chi connectivity index (χ0v) is 10.9. The van der Waals surface area contributed by atoms with Gasteiger partial charge in [0.2, 0.25) is 0 Å². The molecule has 6 heteroatoms. The number of amides is 1. The number of nitriles is 1. The minimum atomic E-state index is -1.10. The van der Waals surface area contributed by atoms with Crippen LogP contribution in [0.1, 0.15) is 16.8 Å². The van der Waals surface area contributed by atoms with Crippen LogP contribution in [0.2, 0.25) is 10.0 Å². The van der Waals surface area contributed by atoms with Gasteiger partial charge in [0.25, 0.3) is 5.91 Å². The number of likely N-dealkylation sites (tertiary alicyclic amines) is 1. The average Bonchev–Trinajstić information content (AvgIpc) is 2.25. The summed E-state index contributed by atoms with van der Waals surface area (Å²) in [5, 5.41) is 18.9. The third kappa shape index (κ3) is 2.30. The number of benzene rings is 1. The van der Waals surface area contributed by atoms with Crippen LogP contribution in [0.25, 0.3) is 0 Å². The predicted molar refractivity (Wildman–Crippen MR) is 67.5 cm³/mol. The van der Waals surface area contributed by atoms with Crippen LogP contribution in [0.4, 0.5) is 0 Å². The molecule has 1 aromatic carbocycles. The number of hydrogen-bond acceptors (Lipinski definition) is 3. The van der Waals surface area contributed by atoms with Crippen LogP contribution in [-0.4, -0.2) is 34.6 Å². The quantitative estimate of drug-likeness (QED) is 0.905. The minimum absolute atomic E-state index is 0.00698. The lowest BCUT2D eigenvalue weighted by molar-refractivity contribution is -0.0770. The second kappa shape index (κ2) is 4.77. The SMILES string of the molecule is N#CCC1(O)CN(C(=O)c2c(Cl)cccc2Cl)C1. The molecule has 4 nitrogen and oxygen atoms in total. The van der Waals surface area contributed by atoms with Crippen LogP contribution in [0, 0.1) is 11.3 Å². The van der Waals surface area contributed by atoms with E-state index >= 15 is 0 Å². The third-order valence-electron chi connectivity index (χ3n) is 2.84. The Balaban J connectivity index is 2.14. The van der Waals surface area contributed by atoms with Crippen LogP contribution in [0.3, 0.4) is 0 Å². The first-order chi connectivity index (χ1) is 8.47.